The normalized spacial score (nSPS) is 22.8. The van der Waals surface area contributed by atoms with Crippen molar-refractivity contribution in [1.29, 1.82) is 0 Å². The smallest absolute Gasteiger partial charge is 0.251 e. The SMILES string of the molecule is COc1ccc(C(=O)N[C@@H]2CCCC[C@H]2O)cc1O. The number of methoxy groups -OCH3 is 1. The molecule has 0 radical (unpaired) electrons. The maximum Gasteiger partial charge on any atom is 0.251 e. The van der Waals surface area contributed by atoms with Crippen molar-refractivity contribution < 1.29 is 19.7 Å². The summed E-state index contributed by atoms with van der Waals surface area (Å²) in [6.45, 7) is 0. The summed E-state index contributed by atoms with van der Waals surface area (Å²) in [5, 5.41) is 22.3. The Labute approximate surface area is 112 Å². The van der Waals surface area contributed by atoms with Gasteiger partial charge >= 0.3 is 0 Å². The molecular weight excluding hydrogens is 246 g/mol. The van der Waals surface area contributed by atoms with Crippen molar-refractivity contribution in [3.63, 3.8) is 0 Å². The van der Waals surface area contributed by atoms with Gasteiger partial charge in [0.2, 0.25) is 0 Å². The maximum atomic E-state index is 12.0. The summed E-state index contributed by atoms with van der Waals surface area (Å²) in [4.78, 5) is 12.0. The molecule has 1 aromatic rings. The van der Waals surface area contributed by atoms with E-state index in [4.69, 9.17) is 4.74 Å². The topological polar surface area (TPSA) is 78.8 Å². The van der Waals surface area contributed by atoms with E-state index in [1.165, 1.54) is 13.2 Å². The van der Waals surface area contributed by atoms with Gasteiger partial charge in [-0.15, -0.1) is 0 Å². The van der Waals surface area contributed by atoms with Crippen LogP contribution < -0.4 is 10.1 Å². The molecule has 1 aliphatic rings. The van der Waals surface area contributed by atoms with E-state index >= 15 is 0 Å². The third-order valence-electron chi connectivity index (χ3n) is 3.49. The molecule has 0 heterocycles. The first-order chi connectivity index (χ1) is 9.11. The number of phenolic OH excluding ortho intramolecular Hbond substituents is 1. The van der Waals surface area contributed by atoms with Crippen LogP contribution in [-0.2, 0) is 0 Å². The van der Waals surface area contributed by atoms with Crippen LogP contribution in [0.15, 0.2) is 18.2 Å². The summed E-state index contributed by atoms with van der Waals surface area (Å²) in [5.41, 5.74) is 0.357. The molecular formula is C14H19NO4. The predicted octanol–water partition coefficient (Wildman–Crippen LogP) is 1.43. The van der Waals surface area contributed by atoms with Crippen LogP contribution in [-0.4, -0.2) is 35.4 Å². The Balaban J connectivity index is 2.05. The van der Waals surface area contributed by atoms with Gasteiger partial charge in [-0.1, -0.05) is 12.8 Å². The number of hydrogen-bond donors (Lipinski definition) is 3. The number of ether oxygens (including phenoxy) is 1. The number of aliphatic hydroxyl groups is 1. The van der Waals surface area contributed by atoms with Gasteiger partial charge < -0.3 is 20.3 Å². The van der Waals surface area contributed by atoms with Crippen molar-refractivity contribution in [2.24, 2.45) is 0 Å². The third kappa shape index (κ3) is 3.17. The minimum Gasteiger partial charge on any atom is -0.504 e. The first kappa shape index (κ1) is 13.7. The summed E-state index contributed by atoms with van der Waals surface area (Å²) in [7, 11) is 1.45. The van der Waals surface area contributed by atoms with E-state index in [-0.39, 0.29) is 17.7 Å². The Morgan fingerprint density at radius 1 is 1.37 bits per heavy atom. The van der Waals surface area contributed by atoms with Crippen molar-refractivity contribution in [3.05, 3.63) is 23.8 Å². The lowest BCUT2D eigenvalue weighted by Gasteiger charge is -2.28. The van der Waals surface area contributed by atoms with Crippen LogP contribution in [0.5, 0.6) is 11.5 Å². The minimum absolute atomic E-state index is 0.0701. The van der Waals surface area contributed by atoms with Crippen LogP contribution in [0.2, 0.25) is 0 Å². The molecule has 2 atom stereocenters. The van der Waals surface area contributed by atoms with Crippen LogP contribution in [0.4, 0.5) is 0 Å². The van der Waals surface area contributed by atoms with Gasteiger partial charge in [-0.2, -0.15) is 0 Å². The van der Waals surface area contributed by atoms with Gasteiger partial charge in [0.15, 0.2) is 11.5 Å². The molecule has 1 fully saturated rings. The molecule has 1 aromatic carbocycles. The summed E-state index contributed by atoms with van der Waals surface area (Å²) in [6, 6.07) is 4.29. The Bertz CT molecular complexity index is 461. The zero-order valence-electron chi connectivity index (χ0n) is 10.9. The van der Waals surface area contributed by atoms with Gasteiger partial charge in [0.1, 0.15) is 0 Å². The van der Waals surface area contributed by atoms with Crippen molar-refractivity contribution in [1.82, 2.24) is 5.32 Å². The highest BCUT2D eigenvalue weighted by molar-refractivity contribution is 5.95. The highest BCUT2D eigenvalue weighted by Crippen LogP contribution is 2.26. The molecule has 19 heavy (non-hydrogen) atoms. The van der Waals surface area contributed by atoms with E-state index in [0.29, 0.717) is 11.3 Å². The molecule has 0 spiro atoms. The van der Waals surface area contributed by atoms with Crippen LogP contribution in [0.1, 0.15) is 36.0 Å². The van der Waals surface area contributed by atoms with Crippen molar-refractivity contribution in [3.8, 4) is 11.5 Å². The number of benzene rings is 1. The number of carbonyl (C=O) groups excluding carboxylic acids is 1. The Morgan fingerprint density at radius 3 is 2.74 bits per heavy atom. The molecule has 5 nitrogen and oxygen atoms in total. The van der Waals surface area contributed by atoms with Gasteiger partial charge in [0.05, 0.1) is 19.3 Å². The largest absolute Gasteiger partial charge is 0.504 e. The number of nitrogens with one attached hydrogen (secondary N) is 1. The second-order valence-electron chi connectivity index (χ2n) is 4.82. The van der Waals surface area contributed by atoms with E-state index in [1.807, 2.05) is 0 Å². The van der Waals surface area contributed by atoms with E-state index in [0.717, 1.165) is 25.7 Å². The fraction of sp³-hybridized carbons (Fsp3) is 0.500. The first-order valence-corrected chi connectivity index (χ1v) is 6.47. The quantitative estimate of drug-likeness (QED) is 0.772. The van der Waals surface area contributed by atoms with Gasteiger partial charge in [0, 0.05) is 5.56 Å². The Kier molecular flexibility index (Phi) is 4.27. The van der Waals surface area contributed by atoms with Crippen molar-refractivity contribution in [2.75, 3.05) is 7.11 Å². The van der Waals surface area contributed by atoms with E-state index in [2.05, 4.69) is 5.32 Å². The zero-order chi connectivity index (χ0) is 13.8. The van der Waals surface area contributed by atoms with E-state index in [9.17, 15) is 15.0 Å². The number of amides is 1. The van der Waals surface area contributed by atoms with Gasteiger partial charge in [-0.3, -0.25) is 4.79 Å². The molecule has 5 heteroatoms. The van der Waals surface area contributed by atoms with Crippen LogP contribution >= 0.6 is 0 Å². The van der Waals surface area contributed by atoms with Crippen LogP contribution in [0.3, 0.4) is 0 Å². The fourth-order valence-corrected chi connectivity index (χ4v) is 2.36. The molecule has 1 aliphatic carbocycles. The van der Waals surface area contributed by atoms with Gasteiger partial charge in [-0.05, 0) is 31.0 Å². The lowest BCUT2D eigenvalue weighted by atomic mass is 9.92. The second kappa shape index (κ2) is 5.93. The zero-order valence-corrected chi connectivity index (χ0v) is 10.9. The molecule has 0 saturated heterocycles. The summed E-state index contributed by atoms with van der Waals surface area (Å²) >= 11 is 0. The summed E-state index contributed by atoms with van der Waals surface area (Å²) < 4.78 is 4.93. The predicted molar refractivity (Wildman–Crippen MR) is 70.4 cm³/mol. The summed E-state index contributed by atoms with van der Waals surface area (Å²) in [5.74, 6) is -0.0301. The first-order valence-electron chi connectivity index (χ1n) is 6.47. The highest BCUT2D eigenvalue weighted by Gasteiger charge is 2.25. The molecule has 1 amide bonds. The van der Waals surface area contributed by atoms with Crippen LogP contribution in [0.25, 0.3) is 0 Å². The average molecular weight is 265 g/mol. The van der Waals surface area contributed by atoms with E-state index in [1.54, 1.807) is 12.1 Å². The van der Waals surface area contributed by atoms with Gasteiger partial charge in [0.25, 0.3) is 5.91 Å². The highest BCUT2D eigenvalue weighted by atomic mass is 16.5. The molecule has 3 N–H and O–H groups in total. The lowest BCUT2D eigenvalue weighted by Crippen LogP contribution is -2.45. The maximum absolute atomic E-state index is 12.0. The van der Waals surface area contributed by atoms with Crippen molar-refractivity contribution in [2.45, 2.75) is 37.8 Å². The molecule has 0 aromatic heterocycles. The van der Waals surface area contributed by atoms with Crippen molar-refractivity contribution >= 4 is 5.91 Å². The molecule has 104 valence electrons. The number of rotatable bonds is 3. The van der Waals surface area contributed by atoms with E-state index < -0.39 is 6.10 Å². The number of carbonyl (C=O) groups is 1. The molecule has 0 unspecified atom stereocenters. The lowest BCUT2D eigenvalue weighted by molar-refractivity contribution is 0.0717. The monoisotopic (exact) mass is 265 g/mol. The second-order valence-corrected chi connectivity index (χ2v) is 4.82. The number of phenols is 1. The molecule has 0 bridgehead atoms. The minimum atomic E-state index is -0.482. The average Bonchev–Trinajstić information content (AvgIpc) is 2.41. The summed E-state index contributed by atoms with van der Waals surface area (Å²) in [6.07, 6.45) is 3.03. The van der Waals surface area contributed by atoms with Gasteiger partial charge in [-0.25, -0.2) is 0 Å². The third-order valence-corrected chi connectivity index (χ3v) is 3.49. The number of hydrogen-bond acceptors (Lipinski definition) is 4. The fourth-order valence-electron chi connectivity index (χ4n) is 2.36. The number of aromatic hydroxyl groups is 1. The van der Waals surface area contributed by atoms with Crippen LogP contribution in [0, 0.1) is 0 Å². The molecule has 0 aliphatic heterocycles. The Hall–Kier alpha value is -1.75. The molecule has 1 saturated carbocycles. The number of aliphatic hydroxyl groups excluding tert-OH is 1. The molecule has 2 rings (SSSR count). The Morgan fingerprint density at radius 2 is 2.11 bits per heavy atom. The standard InChI is InChI=1S/C14H19NO4/c1-19-13-7-6-9(8-12(13)17)14(18)15-10-4-2-3-5-11(10)16/h6-8,10-11,16-17H,2-5H2,1H3,(H,15,18)/t10-,11-/m1/s1.